The minimum absolute atomic E-state index is 0. The van der Waals surface area contributed by atoms with Crippen LogP contribution in [0.2, 0.25) is 0 Å². The van der Waals surface area contributed by atoms with Crippen LogP contribution in [0.4, 0.5) is 11.4 Å². The van der Waals surface area contributed by atoms with Crippen LogP contribution in [0, 0.1) is 32.6 Å². The van der Waals surface area contributed by atoms with Gasteiger partial charge in [0, 0.05) is 54.9 Å². The van der Waals surface area contributed by atoms with Crippen molar-refractivity contribution in [3.63, 3.8) is 0 Å². The standard InChI is InChI=1S/C47H55N4O.Pt/c1-32-43(47(12,13)34-18-15-14-16-19-34)33(2)51(48-32)40-27-37(46(9,10)11)28-42(30-40)52-41-21-17-20-38(29-41)49-22-23-50(31-49)39-25-35(44(3,4)5)24-36(26-39)45(6,7)8;/h14-28,31H,1-13H3;/q-3;. The molecule has 4 aromatic carbocycles. The number of ether oxygens (including phenoxy) is 1. The van der Waals surface area contributed by atoms with Crippen molar-refractivity contribution in [3.8, 4) is 17.2 Å². The Morgan fingerprint density at radius 1 is 0.585 bits per heavy atom. The fraction of sp³-hybridized carbons (Fsp3) is 0.362. The molecule has 0 bridgehead atoms. The SMILES string of the molecule is Cc1nn(-c2[c-]c(Oc3[c-]c(N4C=CN(c5cc(C(C)(C)C)cc(C(C)(C)C)c5)[CH-]4)ccc3)cc(C(C)(C)C)c2)c(C)c1C(C)(C)c1ccccc1.[Pt]. The van der Waals surface area contributed by atoms with Crippen molar-refractivity contribution in [1.82, 2.24) is 9.78 Å². The van der Waals surface area contributed by atoms with E-state index in [1.54, 1.807) is 0 Å². The Morgan fingerprint density at radius 2 is 1.15 bits per heavy atom. The van der Waals surface area contributed by atoms with E-state index in [0.29, 0.717) is 11.5 Å². The van der Waals surface area contributed by atoms with E-state index in [2.05, 4.69) is 198 Å². The van der Waals surface area contributed by atoms with Crippen molar-refractivity contribution in [3.05, 3.63) is 149 Å². The van der Waals surface area contributed by atoms with Gasteiger partial charge in [0.25, 0.3) is 0 Å². The first-order valence-corrected chi connectivity index (χ1v) is 18.4. The average molecular weight is 887 g/mol. The Kier molecular flexibility index (Phi) is 11.1. The van der Waals surface area contributed by atoms with Crippen molar-refractivity contribution in [2.45, 2.75) is 112 Å². The number of anilines is 2. The molecule has 1 aliphatic heterocycles. The van der Waals surface area contributed by atoms with Crippen molar-refractivity contribution < 1.29 is 25.8 Å². The van der Waals surface area contributed by atoms with Crippen LogP contribution in [-0.4, -0.2) is 9.78 Å². The number of hydrogen-bond acceptors (Lipinski definition) is 4. The molecule has 5 aromatic rings. The largest absolute Gasteiger partial charge is 0.509 e. The molecule has 5 nitrogen and oxygen atoms in total. The fourth-order valence-electron chi connectivity index (χ4n) is 6.95. The van der Waals surface area contributed by atoms with Gasteiger partial charge in [-0.1, -0.05) is 113 Å². The second kappa shape index (κ2) is 14.6. The molecule has 0 atom stereocenters. The van der Waals surface area contributed by atoms with Gasteiger partial charge >= 0.3 is 0 Å². The van der Waals surface area contributed by atoms with Gasteiger partial charge in [-0.15, -0.1) is 54.3 Å². The van der Waals surface area contributed by atoms with Gasteiger partial charge < -0.3 is 14.5 Å². The molecule has 0 N–H and O–H groups in total. The number of nitrogens with zero attached hydrogens (tertiary/aromatic N) is 4. The number of rotatable bonds is 7. The molecule has 6 rings (SSSR count). The molecule has 0 amide bonds. The normalized spacial score (nSPS) is 13.8. The predicted octanol–water partition coefficient (Wildman–Crippen LogP) is 12.0. The summed E-state index contributed by atoms with van der Waals surface area (Å²) in [4.78, 5) is 4.26. The summed E-state index contributed by atoms with van der Waals surface area (Å²) in [6.07, 6.45) is 4.17. The Hall–Kier alpha value is -4.08. The van der Waals surface area contributed by atoms with Crippen LogP contribution in [0.5, 0.6) is 11.5 Å². The van der Waals surface area contributed by atoms with E-state index in [-0.39, 0.29) is 42.7 Å². The van der Waals surface area contributed by atoms with Crippen molar-refractivity contribution >= 4 is 11.4 Å². The maximum atomic E-state index is 6.58. The number of hydrogen-bond donors (Lipinski definition) is 0. The van der Waals surface area contributed by atoms with Crippen LogP contribution in [0.25, 0.3) is 5.69 Å². The molecule has 0 saturated heterocycles. The number of aromatic nitrogens is 2. The molecule has 2 heterocycles. The Labute approximate surface area is 333 Å². The Morgan fingerprint density at radius 3 is 1.75 bits per heavy atom. The third-order valence-electron chi connectivity index (χ3n) is 10.2. The molecular formula is C47H55N4OPt-3. The van der Waals surface area contributed by atoms with Crippen LogP contribution in [0.15, 0.2) is 91.3 Å². The summed E-state index contributed by atoms with van der Waals surface area (Å²) in [5.41, 5.74) is 11.0. The van der Waals surface area contributed by atoms with E-state index in [1.165, 1.54) is 22.3 Å². The molecular weight excluding hydrogens is 832 g/mol. The van der Waals surface area contributed by atoms with E-state index >= 15 is 0 Å². The third-order valence-corrected chi connectivity index (χ3v) is 10.2. The summed E-state index contributed by atoms with van der Waals surface area (Å²) in [7, 11) is 0. The van der Waals surface area contributed by atoms with E-state index in [0.717, 1.165) is 34.0 Å². The summed E-state index contributed by atoms with van der Waals surface area (Å²) in [6, 6.07) is 35.0. The Bertz CT molecular complexity index is 2070. The monoisotopic (exact) mass is 886 g/mol. The summed E-state index contributed by atoms with van der Waals surface area (Å²) < 4.78 is 8.60. The van der Waals surface area contributed by atoms with E-state index in [4.69, 9.17) is 9.84 Å². The summed E-state index contributed by atoms with van der Waals surface area (Å²) in [5.74, 6) is 1.25. The zero-order chi connectivity index (χ0) is 37.8. The molecule has 53 heavy (non-hydrogen) atoms. The summed E-state index contributed by atoms with van der Waals surface area (Å²) in [6.45, 7) is 31.2. The van der Waals surface area contributed by atoms with Gasteiger partial charge in [0.1, 0.15) is 0 Å². The Balaban J connectivity index is 0.00000541. The second-order valence-corrected chi connectivity index (χ2v) is 17.8. The van der Waals surface area contributed by atoms with Gasteiger partial charge in [-0.25, -0.2) is 0 Å². The zero-order valence-electron chi connectivity index (χ0n) is 33.8. The molecule has 0 unspecified atom stereocenters. The molecule has 0 fully saturated rings. The molecule has 1 aliphatic rings. The predicted molar refractivity (Wildman–Crippen MR) is 217 cm³/mol. The molecule has 1 aromatic heterocycles. The smallest absolute Gasteiger partial charge is 0.0640 e. The maximum Gasteiger partial charge on any atom is 0.0640 e. The van der Waals surface area contributed by atoms with E-state index in [9.17, 15) is 0 Å². The van der Waals surface area contributed by atoms with Crippen molar-refractivity contribution in [2.24, 2.45) is 0 Å². The van der Waals surface area contributed by atoms with E-state index < -0.39 is 0 Å². The average Bonchev–Trinajstić information content (AvgIpc) is 3.68. The van der Waals surface area contributed by atoms with Crippen molar-refractivity contribution in [2.75, 3.05) is 9.80 Å². The first-order chi connectivity index (χ1) is 24.2. The minimum atomic E-state index is -0.217. The van der Waals surface area contributed by atoms with Crippen LogP contribution in [0.3, 0.4) is 0 Å². The van der Waals surface area contributed by atoms with E-state index in [1.807, 2.05) is 16.8 Å². The molecule has 6 heteroatoms. The third kappa shape index (κ3) is 8.52. The van der Waals surface area contributed by atoms with Crippen LogP contribution in [0.1, 0.15) is 115 Å². The van der Waals surface area contributed by atoms with Gasteiger partial charge in [-0.2, -0.15) is 11.2 Å². The first kappa shape index (κ1) is 40.1. The van der Waals surface area contributed by atoms with Gasteiger partial charge in [0.2, 0.25) is 0 Å². The van der Waals surface area contributed by atoms with Gasteiger partial charge in [0.05, 0.1) is 5.69 Å². The fourth-order valence-corrected chi connectivity index (χ4v) is 6.95. The quantitative estimate of drug-likeness (QED) is 0.153. The minimum Gasteiger partial charge on any atom is -0.509 e. The van der Waals surface area contributed by atoms with Gasteiger partial charge in [-0.05, 0) is 77.0 Å². The first-order valence-electron chi connectivity index (χ1n) is 18.4. The second-order valence-electron chi connectivity index (χ2n) is 17.8. The maximum absolute atomic E-state index is 6.58. The zero-order valence-corrected chi connectivity index (χ0v) is 36.0. The van der Waals surface area contributed by atoms with Gasteiger partial charge in [0.15, 0.2) is 0 Å². The summed E-state index contributed by atoms with van der Waals surface area (Å²) in [5, 5.41) is 5.08. The molecule has 282 valence electrons. The number of benzene rings is 4. The molecule has 0 aliphatic carbocycles. The summed E-state index contributed by atoms with van der Waals surface area (Å²) >= 11 is 0. The van der Waals surface area contributed by atoms with Crippen LogP contribution >= 0.6 is 0 Å². The van der Waals surface area contributed by atoms with Crippen LogP contribution in [-0.2, 0) is 42.7 Å². The molecule has 0 spiro atoms. The number of aryl methyl sites for hydroxylation is 1. The van der Waals surface area contributed by atoms with Crippen LogP contribution < -0.4 is 14.5 Å². The molecule has 0 radical (unpaired) electrons. The topological polar surface area (TPSA) is 33.5 Å². The van der Waals surface area contributed by atoms with Gasteiger partial charge in [-0.3, -0.25) is 4.68 Å². The molecule has 0 saturated carbocycles. The van der Waals surface area contributed by atoms with Crippen molar-refractivity contribution in [1.29, 1.82) is 0 Å².